The Hall–Kier alpha value is -3.00. The van der Waals surface area contributed by atoms with Gasteiger partial charge in [-0.1, -0.05) is 25.1 Å². The van der Waals surface area contributed by atoms with Gasteiger partial charge in [-0.3, -0.25) is 19.0 Å². The van der Waals surface area contributed by atoms with E-state index in [1.165, 1.54) is 11.3 Å². The van der Waals surface area contributed by atoms with Crippen LogP contribution in [0.15, 0.2) is 29.1 Å². The number of hydrogen-bond acceptors (Lipinski definition) is 5. The molecule has 29 heavy (non-hydrogen) atoms. The molecule has 0 radical (unpaired) electrons. The zero-order chi connectivity index (χ0) is 21.1. The summed E-state index contributed by atoms with van der Waals surface area (Å²) < 4.78 is 1.59. The molecule has 0 unspecified atom stereocenters. The number of anilines is 1. The van der Waals surface area contributed by atoms with Crippen LogP contribution in [0.2, 0.25) is 0 Å². The number of benzene rings is 1. The third kappa shape index (κ3) is 4.22. The fourth-order valence-corrected chi connectivity index (χ4v) is 4.37. The number of aromatic nitrogens is 2. The summed E-state index contributed by atoms with van der Waals surface area (Å²) >= 11 is 1.23. The summed E-state index contributed by atoms with van der Waals surface area (Å²) in [6, 6.07) is 7.54. The van der Waals surface area contributed by atoms with Gasteiger partial charge in [0.2, 0.25) is 5.91 Å². The fourth-order valence-electron chi connectivity index (χ4n) is 3.28. The fraction of sp³-hybridized carbons (Fsp3) is 0.333. The number of para-hydroxylation sites is 1. The first-order chi connectivity index (χ1) is 13.8. The molecule has 8 heteroatoms. The Balaban J connectivity index is 2.01. The molecule has 3 N–H and O–H groups in total. The molecule has 7 nitrogen and oxygen atoms in total. The number of nitrogens with one attached hydrogen (secondary N) is 1. The van der Waals surface area contributed by atoms with Crippen LogP contribution < -0.4 is 16.6 Å². The van der Waals surface area contributed by atoms with Crippen molar-refractivity contribution in [2.45, 2.75) is 46.6 Å². The number of primary amides is 1. The smallest absolute Gasteiger partial charge is 0.266 e. The highest BCUT2D eigenvalue weighted by atomic mass is 32.1. The summed E-state index contributed by atoms with van der Waals surface area (Å²) in [4.78, 5) is 42.7. The van der Waals surface area contributed by atoms with Gasteiger partial charge in [-0.2, -0.15) is 0 Å². The molecule has 1 aromatic carbocycles. The lowest BCUT2D eigenvalue weighted by Crippen LogP contribution is -2.26. The molecule has 0 spiro atoms. The quantitative estimate of drug-likeness (QED) is 0.621. The summed E-state index contributed by atoms with van der Waals surface area (Å²) in [6.07, 6.45) is 1.25. The molecule has 0 saturated carbocycles. The van der Waals surface area contributed by atoms with Crippen LogP contribution in [0.1, 0.15) is 46.4 Å². The Morgan fingerprint density at radius 2 is 1.97 bits per heavy atom. The van der Waals surface area contributed by atoms with E-state index in [0.29, 0.717) is 45.9 Å². The van der Waals surface area contributed by atoms with Gasteiger partial charge in [-0.25, -0.2) is 4.98 Å². The van der Waals surface area contributed by atoms with Gasteiger partial charge in [0.1, 0.15) is 10.7 Å². The average Bonchev–Trinajstić information content (AvgIpc) is 3.01. The summed E-state index contributed by atoms with van der Waals surface area (Å²) in [7, 11) is 0. The van der Waals surface area contributed by atoms with E-state index < -0.39 is 5.91 Å². The second-order valence-corrected chi connectivity index (χ2v) is 7.91. The predicted molar refractivity (Wildman–Crippen MR) is 116 cm³/mol. The summed E-state index contributed by atoms with van der Waals surface area (Å²) in [5.74, 6) is -0.0105. The first-order valence-corrected chi connectivity index (χ1v) is 10.3. The zero-order valence-electron chi connectivity index (χ0n) is 16.7. The van der Waals surface area contributed by atoms with Crippen LogP contribution >= 0.6 is 11.3 Å². The molecular weight excluding hydrogens is 388 g/mol. The van der Waals surface area contributed by atoms with Crippen LogP contribution in [0, 0.1) is 13.8 Å². The van der Waals surface area contributed by atoms with Gasteiger partial charge in [0.15, 0.2) is 0 Å². The Bertz CT molecular complexity index is 1150. The van der Waals surface area contributed by atoms with Gasteiger partial charge in [0, 0.05) is 25.1 Å². The van der Waals surface area contributed by atoms with Gasteiger partial charge < -0.3 is 11.1 Å². The van der Waals surface area contributed by atoms with Crippen molar-refractivity contribution in [3.05, 3.63) is 56.4 Å². The first-order valence-electron chi connectivity index (χ1n) is 9.51. The van der Waals surface area contributed by atoms with E-state index in [1.807, 2.05) is 38.1 Å². The number of nitrogens with zero attached hydrogens (tertiary/aromatic N) is 2. The maximum Gasteiger partial charge on any atom is 0.266 e. The molecule has 2 amide bonds. The molecule has 0 fully saturated rings. The summed E-state index contributed by atoms with van der Waals surface area (Å²) in [5.41, 5.74) is 7.35. The van der Waals surface area contributed by atoms with Gasteiger partial charge in [-0.15, -0.1) is 11.3 Å². The number of amides is 2. The third-order valence-electron chi connectivity index (χ3n) is 4.85. The SMILES string of the molecule is CCc1nc2sc(C(=O)Nc3ccccc3C)c(C)c2c(=O)n1CCCC(N)=O. The molecule has 3 aromatic rings. The number of hydrogen-bond donors (Lipinski definition) is 2. The van der Waals surface area contributed by atoms with Crippen LogP contribution in [-0.2, 0) is 17.8 Å². The van der Waals surface area contributed by atoms with Crippen molar-refractivity contribution in [2.24, 2.45) is 5.73 Å². The maximum atomic E-state index is 13.1. The molecule has 0 atom stereocenters. The van der Waals surface area contributed by atoms with Gasteiger partial charge >= 0.3 is 0 Å². The van der Waals surface area contributed by atoms with Gasteiger partial charge in [-0.05, 0) is 37.5 Å². The molecule has 2 heterocycles. The van der Waals surface area contributed by atoms with Crippen molar-refractivity contribution in [1.82, 2.24) is 9.55 Å². The van der Waals surface area contributed by atoms with Crippen molar-refractivity contribution in [3.63, 3.8) is 0 Å². The maximum absolute atomic E-state index is 13.1. The Kier molecular flexibility index (Phi) is 6.12. The van der Waals surface area contributed by atoms with E-state index in [-0.39, 0.29) is 17.9 Å². The summed E-state index contributed by atoms with van der Waals surface area (Å²) in [5, 5.41) is 3.38. The van der Waals surface area contributed by atoms with Gasteiger partial charge in [0.05, 0.1) is 10.3 Å². The average molecular weight is 413 g/mol. The monoisotopic (exact) mass is 412 g/mol. The minimum atomic E-state index is -0.396. The van der Waals surface area contributed by atoms with E-state index in [1.54, 1.807) is 11.5 Å². The van der Waals surface area contributed by atoms with E-state index in [4.69, 9.17) is 5.73 Å². The van der Waals surface area contributed by atoms with E-state index >= 15 is 0 Å². The van der Waals surface area contributed by atoms with Crippen molar-refractivity contribution < 1.29 is 9.59 Å². The minimum Gasteiger partial charge on any atom is -0.370 e. The molecule has 0 bridgehead atoms. The van der Waals surface area contributed by atoms with Crippen LogP contribution in [0.4, 0.5) is 5.69 Å². The molecule has 152 valence electrons. The lowest BCUT2D eigenvalue weighted by atomic mass is 10.1. The molecule has 0 aliphatic rings. The second-order valence-electron chi connectivity index (χ2n) is 6.91. The number of nitrogens with two attached hydrogens (primary N) is 1. The first kappa shape index (κ1) is 20.7. The van der Waals surface area contributed by atoms with E-state index in [0.717, 1.165) is 11.3 Å². The molecule has 3 rings (SSSR count). The number of carbonyl (C=O) groups excluding carboxylic acids is 2. The lowest BCUT2D eigenvalue weighted by Gasteiger charge is -2.10. The zero-order valence-corrected chi connectivity index (χ0v) is 17.6. The van der Waals surface area contributed by atoms with Crippen LogP contribution in [0.5, 0.6) is 0 Å². The van der Waals surface area contributed by atoms with E-state index in [2.05, 4.69) is 10.3 Å². The number of thiophene rings is 1. The number of fused-ring (bicyclic) bond motifs is 1. The molecular formula is C21H24N4O3S. The van der Waals surface area contributed by atoms with Crippen molar-refractivity contribution in [3.8, 4) is 0 Å². The highest BCUT2D eigenvalue weighted by Crippen LogP contribution is 2.28. The standard InChI is InChI=1S/C21H24N4O3S/c1-4-16-24-20-17(21(28)25(16)11-7-10-15(22)26)13(3)18(29-20)19(27)23-14-9-6-5-8-12(14)2/h5-6,8-9H,4,7,10-11H2,1-3H3,(H2,22,26)(H,23,27). The largest absolute Gasteiger partial charge is 0.370 e. The third-order valence-corrected chi connectivity index (χ3v) is 6.03. The Morgan fingerprint density at radius 1 is 1.24 bits per heavy atom. The van der Waals surface area contributed by atoms with E-state index in [9.17, 15) is 14.4 Å². The van der Waals surface area contributed by atoms with Crippen molar-refractivity contribution >= 4 is 39.1 Å². The molecule has 2 aromatic heterocycles. The van der Waals surface area contributed by atoms with Gasteiger partial charge in [0.25, 0.3) is 11.5 Å². The Morgan fingerprint density at radius 3 is 2.62 bits per heavy atom. The molecule has 0 aliphatic carbocycles. The lowest BCUT2D eigenvalue weighted by molar-refractivity contribution is -0.118. The Labute approximate surface area is 172 Å². The molecule has 0 aliphatic heterocycles. The van der Waals surface area contributed by atoms with Crippen LogP contribution in [0.25, 0.3) is 10.2 Å². The number of rotatable bonds is 7. The highest BCUT2D eigenvalue weighted by Gasteiger charge is 2.21. The topological polar surface area (TPSA) is 107 Å². The van der Waals surface area contributed by atoms with Crippen molar-refractivity contribution in [2.75, 3.05) is 5.32 Å². The highest BCUT2D eigenvalue weighted by molar-refractivity contribution is 7.20. The van der Waals surface area contributed by atoms with Crippen molar-refractivity contribution in [1.29, 1.82) is 0 Å². The number of aryl methyl sites for hydroxylation is 3. The molecule has 0 saturated heterocycles. The number of carbonyl (C=O) groups is 2. The normalized spacial score (nSPS) is 11.0. The van der Waals surface area contributed by atoms with Crippen LogP contribution in [0.3, 0.4) is 0 Å². The summed E-state index contributed by atoms with van der Waals surface area (Å²) in [6.45, 7) is 5.99. The second kappa shape index (κ2) is 8.57. The van der Waals surface area contributed by atoms with Crippen LogP contribution in [-0.4, -0.2) is 21.4 Å². The minimum absolute atomic E-state index is 0.181. The predicted octanol–water partition coefficient (Wildman–Crippen LogP) is 3.16.